The Morgan fingerprint density at radius 3 is 3.03 bits per heavy atom. The van der Waals surface area contributed by atoms with Crippen LogP contribution in [0.4, 0.5) is 0 Å². The lowest BCUT2D eigenvalue weighted by molar-refractivity contribution is -0.131. The molecule has 1 unspecified atom stereocenters. The molecule has 3 atom stereocenters. The van der Waals surface area contributed by atoms with Gasteiger partial charge in [-0.15, -0.1) is 0 Å². The maximum absolute atomic E-state index is 12.2. The van der Waals surface area contributed by atoms with Gasteiger partial charge in [-0.1, -0.05) is 18.3 Å². The second-order valence-corrected chi connectivity index (χ2v) is 7.98. The molecule has 1 aliphatic carbocycles. The van der Waals surface area contributed by atoms with Crippen molar-refractivity contribution < 1.29 is 14.3 Å². The number of amides is 1. The first-order valence-corrected chi connectivity index (χ1v) is 10.6. The van der Waals surface area contributed by atoms with Crippen LogP contribution in [0.15, 0.2) is 29.4 Å². The van der Waals surface area contributed by atoms with E-state index in [1.807, 2.05) is 30.6 Å². The number of hydrogen-bond acceptors (Lipinski definition) is 3. The molecule has 2 heterocycles. The van der Waals surface area contributed by atoms with E-state index < -0.39 is 0 Å². The van der Waals surface area contributed by atoms with Crippen LogP contribution in [0, 0.1) is 23.7 Å². The molecule has 1 N–H and O–H groups in total. The molecular weight excluding hydrogens is 364 g/mol. The van der Waals surface area contributed by atoms with E-state index in [1.54, 1.807) is 7.11 Å². The largest absolute Gasteiger partial charge is 0.497 e. The molecule has 2 fully saturated rings. The summed E-state index contributed by atoms with van der Waals surface area (Å²) in [6.07, 6.45) is 10.6. The van der Waals surface area contributed by atoms with E-state index in [0.717, 1.165) is 67.2 Å². The zero-order chi connectivity index (χ0) is 20.1. The summed E-state index contributed by atoms with van der Waals surface area (Å²) < 4.78 is 10.9. The highest BCUT2D eigenvalue weighted by Gasteiger charge is 2.23. The number of aromatic nitrogens is 1. The zero-order valence-electron chi connectivity index (χ0n) is 16.9. The monoisotopic (exact) mass is 392 g/mol. The average Bonchev–Trinajstić information content (AvgIpc) is 3.19. The third-order valence-corrected chi connectivity index (χ3v) is 5.88. The number of H-pyrrole nitrogens is 1. The van der Waals surface area contributed by atoms with Crippen molar-refractivity contribution in [1.82, 2.24) is 4.98 Å². The average molecular weight is 392 g/mol. The van der Waals surface area contributed by atoms with E-state index >= 15 is 0 Å². The van der Waals surface area contributed by atoms with E-state index in [9.17, 15) is 4.79 Å². The first-order chi connectivity index (χ1) is 14.2. The highest BCUT2D eigenvalue weighted by atomic mass is 16.5. The maximum atomic E-state index is 12.2. The van der Waals surface area contributed by atoms with Crippen molar-refractivity contribution in [3.05, 3.63) is 30.0 Å². The molecule has 5 nitrogen and oxygen atoms in total. The molecule has 1 saturated carbocycles. The second kappa shape index (κ2) is 9.28. The van der Waals surface area contributed by atoms with Crippen molar-refractivity contribution in [2.75, 3.05) is 13.7 Å². The Hall–Kier alpha value is -2.58. The minimum absolute atomic E-state index is 0.120. The van der Waals surface area contributed by atoms with Crippen molar-refractivity contribution in [3.8, 4) is 17.6 Å². The number of rotatable bonds is 3. The summed E-state index contributed by atoms with van der Waals surface area (Å²) >= 11 is 0. The van der Waals surface area contributed by atoms with Crippen LogP contribution in [0.25, 0.3) is 10.9 Å². The topological polar surface area (TPSA) is 63.7 Å². The molecule has 0 bridgehead atoms. The third kappa shape index (κ3) is 4.89. The van der Waals surface area contributed by atoms with Gasteiger partial charge in [0.05, 0.1) is 7.11 Å². The summed E-state index contributed by atoms with van der Waals surface area (Å²) in [6, 6.07) is 5.98. The van der Waals surface area contributed by atoms with Crippen LogP contribution >= 0.6 is 0 Å². The first kappa shape index (κ1) is 19.7. The number of ether oxygens (including phenoxy) is 2. The number of hydrogen-bond donors (Lipinski definition) is 1. The van der Waals surface area contributed by atoms with Crippen LogP contribution in [0.1, 0.15) is 50.5 Å². The fourth-order valence-corrected chi connectivity index (χ4v) is 4.20. The standard InChI is InChI=1S/C24H28N2O3/c1-28-20-10-11-22-21(14-20)19(16-25-22)9-8-17-5-4-6-18(13-17)15-26-24(27)23-7-2-3-12-29-23/h10-11,14-18,23,25H,2-7,12-13H2,1H3/t17-,18?,23+/m0/s1. The lowest BCUT2D eigenvalue weighted by Gasteiger charge is -2.23. The molecule has 2 aromatic rings. The molecule has 2 aliphatic rings. The summed E-state index contributed by atoms with van der Waals surface area (Å²) in [7, 11) is 1.67. The Labute approximate surface area is 171 Å². The molecule has 152 valence electrons. The zero-order valence-corrected chi connectivity index (χ0v) is 16.9. The van der Waals surface area contributed by atoms with Gasteiger partial charge in [-0.05, 0) is 62.6 Å². The second-order valence-electron chi connectivity index (χ2n) is 7.98. The molecule has 0 radical (unpaired) electrons. The number of carbonyl (C=O) groups is 1. The predicted molar refractivity (Wildman–Crippen MR) is 114 cm³/mol. The molecule has 1 aromatic carbocycles. The van der Waals surface area contributed by atoms with Crippen molar-refractivity contribution in [2.24, 2.45) is 16.8 Å². The Kier molecular flexibility index (Phi) is 6.31. The Balaban J connectivity index is 1.39. The van der Waals surface area contributed by atoms with Gasteiger partial charge in [0.1, 0.15) is 11.9 Å². The van der Waals surface area contributed by atoms with Crippen LogP contribution < -0.4 is 4.74 Å². The van der Waals surface area contributed by atoms with E-state index in [4.69, 9.17) is 9.47 Å². The smallest absolute Gasteiger partial charge is 0.274 e. The molecule has 5 heteroatoms. The summed E-state index contributed by atoms with van der Waals surface area (Å²) in [6.45, 7) is 0.673. The van der Waals surface area contributed by atoms with Gasteiger partial charge in [0.25, 0.3) is 5.91 Å². The lowest BCUT2D eigenvalue weighted by Crippen LogP contribution is -2.27. The summed E-state index contributed by atoms with van der Waals surface area (Å²) in [5, 5.41) is 1.09. The molecular formula is C24H28N2O3. The Bertz CT molecular complexity index is 944. The van der Waals surface area contributed by atoms with E-state index in [2.05, 4.69) is 21.8 Å². The Morgan fingerprint density at radius 2 is 2.21 bits per heavy atom. The minimum atomic E-state index is -0.335. The van der Waals surface area contributed by atoms with Crippen LogP contribution in [-0.2, 0) is 9.53 Å². The van der Waals surface area contributed by atoms with Crippen LogP contribution in [-0.4, -0.2) is 36.9 Å². The van der Waals surface area contributed by atoms with Gasteiger partial charge in [-0.2, -0.15) is 0 Å². The molecule has 1 aliphatic heterocycles. The molecule has 4 rings (SSSR count). The number of carbonyl (C=O) groups excluding carboxylic acids is 1. The van der Waals surface area contributed by atoms with Crippen LogP contribution in [0.5, 0.6) is 5.75 Å². The fraction of sp³-hybridized carbons (Fsp3) is 0.500. The predicted octanol–water partition coefficient (Wildman–Crippen LogP) is 4.50. The summed E-state index contributed by atoms with van der Waals surface area (Å²) in [4.78, 5) is 19.7. The number of aromatic amines is 1. The van der Waals surface area contributed by atoms with Gasteiger partial charge >= 0.3 is 0 Å². The van der Waals surface area contributed by atoms with Gasteiger partial charge in [-0.3, -0.25) is 4.79 Å². The van der Waals surface area contributed by atoms with E-state index in [-0.39, 0.29) is 12.0 Å². The highest BCUT2D eigenvalue weighted by molar-refractivity contribution is 5.89. The van der Waals surface area contributed by atoms with Crippen LogP contribution in [0.2, 0.25) is 0 Å². The van der Waals surface area contributed by atoms with Gasteiger partial charge < -0.3 is 14.5 Å². The van der Waals surface area contributed by atoms with Gasteiger partial charge in [0.15, 0.2) is 0 Å². The molecule has 29 heavy (non-hydrogen) atoms. The van der Waals surface area contributed by atoms with Crippen molar-refractivity contribution >= 4 is 23.0 Å². The van der Waals surface area contributed by atoms with Crippen molar-refractivity contribution in [2.45, 2.75) is 51.0 Å². The number of aliphatic imine (C=N–C) groups is 1. The van der Waals surface area contributed by atoms with Crippen molar-refractivity contribution in [3.63, 3.8) is 0 Å². The first-order valence-electron chi connectivity index (χ1n) is 10.6. The number of fused-ring (bicyclic) bond motifs is 1. The lowest BCUT2D eigenvalue weighted by atomic mass is 9.82. The normalized spacial score (nSPS) is 24.9. The van der Waals surface area contributed by atoms with Gasteiger partial charge in [0, 0.05) is 41.4 Å². The van der Waals surface area contributed by atoms with E-state index in [0.29, 0.717) is 18.4 Å². The van der Waals surface area contributed by atoms with Crippen LogP contribution in [0.3, 0.4) is 0 Å². The third-order valence-electron chi connectivity index (χ3n) is 5.88. The van der Waals surface area contributed by atoms with E-state index in [1.165, 1.54) is 0 Å². The highest BCUT2D eigenvalue weighted by Crippen LogP contribution is 2.28. The number of methoxy groups -OCH3 is 1. The summed E-state index contributed by atoms with van der Waals surface area (Å²) in [5.41, 5.74) is 2.06. The van der Waals surface area contributed by atoms with Crippen molar-refractivity contribution in [1.29, 1.82) is 0 Å². The SMILES string of the molecule is COc1ccc2[nH]cc(C#C[C@@H]3CCCC(C=NC(=O)[C@H]4CCCCO4)C3)c2c1. The minimum Gasteiger partial charge on any atom is -0.497 e. The number of nitrogens with one attached hydrogen (secondary N) is 1. The molecule has 1 saturated heterocycles. The Morgan fingerprint density at radius 1 is 1.28 bits per heavy atom. The number of benzene rings is 1. The maximum Gasteiger partial charge on any atom is 0.274 e. The number of nitrogens with zero attached hydrogens (tertiary/aromatic N) is 1. The molecule has 1 aromatic heterocycles. The fourth-order valence-electron chi connectivity index (χ4n) is 4.20. The molecule has 0 spiro atoms. The molecule has 1 amide bonds. The van der Waals surface area contributed by atoms with Gasteiger partial charge in [0.2, 0.25) is 0 Å². The summed E-state index contributed by atoms with van der Waals surface area (Å²) in [5.74, 6) is 8.17. The van der Waals surface area contributed by atoms with Gasteiger partial charge in [-0.25, -0.2) is 4.99 Å². The quantitative estimate of drug-likeness (QED) is 0.618.